The highest BCUT2D eigenvalue weighted by atomic mass is 16.2. The second kappa shape index (κ2) is 9.60. The Labute approximate surface area is 193 Å². The summed E-state index contributed by atoms with van der Waals surface area (Å²) >= 11 is 0. The lowest BCUT2D eigenvalue weighted by atomic mass is 9.75. The molecule has 0 saturated carbocycles. The molecule has 1 unspecified atom stereocenters. The number of carbonyl (C=O) groups excluding carboxylic acids is 4. The maximum Gasteiger partial charge on any atom is 0.268 e. The van der Waals surface area contributed by atoms with Crippen molar-refractivity contribution in [3.05, 3.63) is 52.3 Å². The van der Waals surface area contributed by atoms with Gasteiger partial charge < -0.3 is 21.4 Å². The van der Waals surface area contributed by atoms with Crippen LogP contribution in [0.4, 0.5) is 5.69 Å². The minimum Gasteiger partial charge on any atom is -0.366 e. The minimum atomic E-state index is -0.750. The lowest BCUT2D eigenvalue weighted by molar-refractivity contribution is -0.118. The number of nitrogens with two attached hydrogens (primary N) is 1. The molecule has 1 aliphatic carbocycles. The van der Waals surface area contributed by atoms with Crippen molar-refractivity contribution in [1.29, 1.82) is 0 Å². The first kappa shape index (κ1) is 24.2. The van der Waals surface area contributed by atoms with E-state index in [-0.39, 0.29) is 17.1 Å². The van der Waals surface area contributed by atoms with Crippen LogP contribution in [0.1, 0.15) is 88.9 Å². The summed E-state index contributed by atoms with van der Waals surface area (Å²) in [4.78, 5) is 53.1. The number of ketones is 1. The summed E-state index contributed by atoms with van der Waals surface area (Å²) in [6, 6.07) is 5.49. The Bertz CT molecular complexity index is 1080. The summed E-state index contributed by atoms with van der Waals surface area (Å²) in [5, 5.41) is 5.62. The van der Waals surface area contributed by atoms with Crippen LogP contribution in [-0.2, 0) is 11.2 Å². The van der Waals surface area contributed by atoms with Crippen LogP contribution in [0.2, 0.25) is 0 Å². The second-order valence-electron chi connectivity index (χ2n) is 9.52. The Morgan fingerprint density at radius 2 is 1.82 bits per heavy atom. The van der Waals surface area contributed by atoms with E-state index in [1.807, 2.05) is 20.8 Å². The largest absolute Gasteiger partial charge is 0.366 e. The normalized spacial score (nSPS) is 15.5. The Balaban J connectivity index is 1.77. The number of unbranched alkanes of at least 4 members (excludes halogenated alkanes) is 1. The molecule has 8 nitrogen and oxygen atoms in total. The van der Waals surface area contributed by atoms with Crippen LogP contribution in [0.5, 0.6) is 0 Å². The molecular weight excluding hydrogens is 420 g/mol. The average Bonchev–Trinajstić information content (AvgIpc) is 3.06. The van der Waals surface area contributed by atoms with Gasteiger partial charge in [0.25, 0.3) is 5.91 Å². The number of hydrogen-bond acceptors (Lipinski definition) is 4. The van der Waals surface area contributed by atoms with Crippen LogP contribution in [0.15, 0.2) is 24.3 Å². The number of nitrogens with one attached hydrogen (secondary N) is 3. The fourth-order valence-electron chi connectivity index (χ4n) is 4.31. The summed E-state index contributed by atoms with van der Waals surface area (Å²) in [7, 11) is 0. The van der Waals surface area contributed by atoms with E-state index in [4.69, 9.17) is 5.73 Å². The minimum absolute atomic E-state index is 0.0359. The predicted octanol–water partition coefficient (Wildman–Crippen LogP) is 3.50. The van der Waals surface area contributed by atoms with E-state index in [1.54, 1.807) is 19.1 Å². The van der Waals surface area contributed by atoms with Crippen LogP contribution >= 0.6 is 0 Å². The number of Topliss-reactive ketones (excluding diaryl/α,β-unsaturated/α-hetero) is 1. The van der Waals surface area contributed by atoms with Gasteiger partial charge in [0, 0.05) is 28.9 Å². The molecule has 0 saturated heterocycles. The third kappa shape index (κ3) is 5.50. The third-order valence-electron chi connectivity index (χ3n) is 6.03. The van der Waals surface area contributed by atoms with E-state index in [9.17, 15) is 19.2 Å². The number of carbonyl (C=O) groups is 4. The van der Waals surface area contributed by atoms with E-state index in [2.05, 4.69) is 15.6 Å². The lowest BCUT2D eigenvalue weighted by Gasteiger charge is -2.28. The quantitative estimate of drug-likeness (QED) is 0.487. The number of H-pyrrole nitrogens is 1. The lowest BCUT2D eigenvalue weighted by Crippen LogP contribution is -2.44. The third-order valence-corrected chi connectivity index (χ3v) is 6.03. The smallest absolute Gasteiger partial charge is 0.268 e. The van der Waals surface area contributed by atoms with Gasteiger partial charge in [0.2, 0.25) is 11.8 Å². The van der Waals surface area contributed by atoms with Crippen LogP contribution in [0.3, 0.4) is 0 Å². The Hall–Kier alpha value is -3.42. The summed E-state index contributed by atoms with van der Waals surface area (Å²) in [6.07, 6.45) is 3.22. The molecule has 1 aliphatic rings. The zero-order chi connectivity index (χ0) is 24.3. The predicted molar refractivity (Wildman–Crippen MR) is 126 cm³/mol. The van der Waals surface area contributed by atoms with Gasteiger partial charge in [-0.2, -0.15) is 0 Å². The summed E-state index contributed by atoms with van der Waals surface area (Å²) in [5.41, 5.74) is 8.26. The van der Waals surface area contributed by atoms with E-state index in [0.29, 0.717) is 47.3 Å². The van der Waals surface area contributed by atoms with Gasteiger partial charge in [0.15, 0.2) is 5.78 Å². The summed E-state index contributed by atoms with van der Waals surface area (Å²) in [5.74, 6) is -1.27. The number of primary amides is 1. The van der Waals surface area contributed by atoms with Crippen LogP contribution in [0, 0.1) is 12.3 Å². The zero-order valence-corrected chi connectivity index (χ0v) is 19.6. The van der Waals surface area contributed by atoms with Gasteiger partial charge in [-0.1, -0.05) is 33.6 Å². The van der Waals surface area contributed by atoms with Gasteiger partial charge >= 0.3 is 0 Å². The number of anilines is 1. The van der Waals surface area contributed by atoms with Crippen LogP contribution in [-0.4, -0.2) is 34.5 Å². The number of amides is 3. The second-order valence-corrected chi connectivity index (χ2v) is 9.52. The van der Waals surface area contributed by atoms with Crippen LogP contribution < -0.4 is 16.4 Å². The Kier molecular flexibility index (Phi) is 7.05. The van der Waals surface area contributed by atoms with Crippen molar-refractivity contribution in [1.82, 2.24) is 10.3 Å². The Morgan fingerprint density at radius 3 is 2.42 bits per heavy atom. The first-order valence-electron chi connectivity index (χ1n) is 11.3. The van der Waals surface area contributed by atoms with E-state index in [0.717, 1.165) is 18.5 Å². The van der Waals surface area contributed by atoms with Gasteiger partial charge in [0.1, 0.15) is 11.7 Å². The van der Waals surface area contributed by atoms with Crippen molar-refractivity contribution in [3.8, 4) is 0 Å². The standard InChI is InChI=1S/C25H32N4O4/c1-5-6-7-17(23(32)27-16-10-8-15(9-11-16)22(26)31)29-24(33)21-14(2)20-18(28-21)12-25(3,4)13-19(20)30/h8-11,17,28H,5-7,12-13H2,1-4H3,(H2,26,31)(H,27,32)(H,29,33). The fourth-order valence-corrected chi connectivity index (χ4v) is 4.31. The van der Waals surface area contributed by atoms with Crippen LogP contribution in [0.25, 0.3) is 0 Å². The molecule has 0 fully saturated rings. The SMILES string of the molecule is CCCCC(NC(=O)c1[nH]c2c(c1C)C(=O)CC(C)(C)C2)C(=O)Nc1ccc(C(N)=O)cc1. The molecule has 3 amide bonds. The molecular formula is C25H32N4O4. The molecule has 0 radical (unpaired) electrons. The summed E-state index contributed by atoms with van der Waals surface area (Å²) < 4.78 is 0. The van der Waals surface area contributed by atoms with E-state index < -0.39 is 17.9 Å². The first-order chi connectivity index (χ1) is 15.5. The zero-order valence-electron chi connectivity index (χ0n) is 19.6. The van der Waals surface area contributed by atoms with E-state index >= 15 is 0 Å². The number of hydrogen-bond donors (Lipinski definition) is 4. The number of aromatic nitrogens is 1. The maximum absolute atomic E-state index is 13.1. The van der Waals surface area contributed by atoms with E-state index in [1.165, 1.54) is 12.1 Å². The molecule has 0 spiro atoms. The molecule has 176 valence electrons. The molecule has 0 bridgehead atoms. The number of rotatable bonds is 8. The molecule has 1 atom stereocenters. The van der Waals surface area contributed by atoms with Gasteiger partial charge in [-0.25, -0.2) is 0 Å². The molecule has 1 heterocycles. The average molecular weight is 453 g/mol. The highest BCUT2D eigenvalue weighted by Gasteiger charge is 2.35. The first-order valence-corrected chi connectivity index (χ1v) is 11.3. The van der Waals surface area contributed by atoms with Crippen molar-refractivity contribution in [2.45, 2.75) is 65.8 Å². The van der Waals surface area contributed by atoms with Gasteiger partial charge in [-0.05, 0) is 55.0 Å². The fraction of sp³-hybridized carbons (Fsp3) is 0.440. The van der Waals surface area contributed by atoms with Crippen molar-refractivity contribution in [3.63, 3.8) is 0 Å². The molecule has 1 aromatic carbocycles. The summed E-state index contributed by atoms with van der Waals surface area (Å²) in [6.45, 7) is 7.84. The molecule has 5 N–H and O–H groups in total. The van der Waals surface area contributed by atoms with Crippen molar-refractivity contribution >= 4 is 29.2 Å². The molecule has 0 aliphatic heterocycles. The molecule has 8 heteroatoms. The Morgan fingerprint density at radius 1 is 1.15 bits per heavy atom. The highest BCUT2D eigenvalue weighted by molar-refractivity contribution is 6.06. The van der Waals surface area contributed by atoms with Crippen molar-refractivity contribution in [2.75, 3.05) is 5.32 Å². The molecule has 2 aromatic rings. The van der Waals surface area contributed by atoms with Gasteiger partial charge in [-0.3, -0.25) is 19.2 Å². The monoisotopic (exact) mass is 452 g/mol. The maximum atomic E-state index is 13.1. The number of fused-ring (bicyclic) bond motifs is 1. The molecule has 3 rings (SSSR count). The molecule has 1 aromatic heterocycles. The van der Waals surface area contributed by atoms with Crippen molar-refractivity contribution < 1.29 is 19.2 Å². The number of aromatic amines is 1. The van der Waals surface area contributed by atoms with Gasteiger partial charge in [0.05, 0.1) is 0 Å². The van der Waals surface area contributed by atoms with Gasteiger partial charge in [-0.15, -0.1) is 0 Å². The topological polar surface area (TPSA) is 134 Å². The number of benzene rings is 1. The highest BCUT2D eigenvalue weighted by Crippen LogP contribution is 2.36. The molecule has 33 heavy (non-hydrogen) atoms. The van der Waals surface area contributed by atoms with Crippen molar-refractivity contribution in [2.24, 2.45) is 11.1 Å².